The summed E-state index contributed by atoms with van der Waals surface area (Å²) in [6.45, 7) is 1.58. The Morgan fingerprint density at radius 2 is 2.10 bits per heavy atom. The SMILES string of the molecule is CC(Oc1ccc(C#N)cc1)C(=O)Nc1ncccc1O. The van der Waals surface area contributed by atoms with Crippen molar-refractivity contribution in [1.29, 1.82) is 5.26 Å². The van der Waals surface area contributed by atoms with Crippen LogP contribution in [0.25, 0.3) is 0 Å². The number of hydrogen-bond donors (Lipinski definition) is 2. The van der Waals surface area contributed by atoms with Crippen LogP contribution in [-0.4, -0.2) is 22.1 Å². The maximum Gasteiger partial charge on any atom is 0.266 e. The highest BCUT2D eigenvalue weighted by atomic mass is 16.5. The van der Waals surface area contributed by atoms with E-state index in [-0.39, 0.29) is 11.6 Å². The number of anilines is 1. The van der Waals surface area contributed by atoms with Crippen molar-refractivity contribution in [3.63, 3.8) is 0 Å². The van der Waals surface area contributed by atoms with Crippen molar-refractivity contribution in [1.82, 2.24) is 4.98 Å². The zero-order valence-corrected chi connectivity index (χ0v) is 11.3. The number of nitriles is 1. The van der Waals surface area contributed by atoms with E-state index in [0.717, 1.165) is 0 Å². The highest BCUT2D eigenvalue weighted by molar-refractivity contribution is 5.94. The molecule has 0 saturated carbocycles. The van der Waals surface area contributed by atoms with Gasteiger partial charge in [-0.15, -0.1) is 0 Å². The van der Waals surface area contributed by atoms with Crippen LogP contribution >= 0.6 is 0 Å². The number of nitrogens with one attached hydrogen (secondary N) is 1. The Morgan fingerprint density at radius 1 is 1.38 bits per heavy atom. The molecule has 2 aromatic rings. The second-order valence-corrected chi connectivity index (χ2v) is 4.26. The fourth-order valence-corrected chi connectivity index (χ4v) is 1.58. The van der Waals surface area contributed by atoms with E-state index in [1.807, 2.05) is 6.07 Å². The summed E-state index contributed by atoms with van der Waals surface area (Å²) in [6, 6.07) is 11.4. The predicted molar refractivity (Wildman–Crippen MR) is 75.8 cm³/mol. The van der Waals surface area contributed by atoms with Crippen LogP contribution in [0.3, 0.4) is 0 Å². The Morgan fingerprint density at radius 3 is 2.71 bits per heavy atom. The molecule has 0 aliphatic rings. The van der Waals surface area contributed by atoms with Crippen LogP contribution in [0, 0.1) is 11.3 Å². The lowest BCUT2D eigenvalue weighted by molar-refractivity contribution is -0.122. The van der Waals surface area contributed by atoms with Crippen LogP contribution < -0.4 is 10.1 Å². The van der Waals surface area contributed by atoms with Crippen LogP contribution in [0.5, 0.6) is 11.5 Å². The summed E-state index contributed by atoms with van der Waals surface area (Å²) in [6.07, 6.45) is 0.681. The van der Waals surface area contributed by atoms with Gasteiger partial charge in [0.2, 0.25) is 0 Å². The number of aromatic nitrogens is 1. The van der Waals surface area contributed by atoms with Crippen molar-refractivity contribution >= 4 is 11.7 Å². The van der Waals surface area contributed by atoms with Crippen LogP contribution in [0.15, 0.2) is 42.6 Å². The molecule has 0 saturated heterocycles. The van der Waals surface area contributed by atoms with Gasteiger partial charge in [-0.05, 0) is 43.3 Å². The molecule has 21 heavy (non-hydrogen) atoms. The zero-order valence-electron chi connectivity index (χ0n) is 11.3. The highest BCUT2D eigenvalue weighted by Gasteiger charge is 2.16. The van der Waals surface area contributed by atoms with Crippen molar-refractivity contribution in [2.75, 3.05) is 5.32 Å². The van der Waals surface area contributed by atoms with E-state index >= 15 is 0 Å². The van der Waals surface area contributed by atoms with Gasteiger partial charge in [-0.1, -0.05) is 0 Å². The molecule has 1 heterocycles. The Labute approximate surface area is 121 Å². The molecule has 106 valence electrons. The molecule has 0 radical (unpaired) electrons. The molecule has 6 heteroatoms. The molecule has 1 amide bonds. The molecule has 0 bridgehead atoms. The van der Waals surface area contributed by atoms with Gasteiger partial charge in [-0.2, -0.15) is 5.26 Å². The quantitative estimate of drug-likeness (QED) is 0.895. The summed E-state index contributed by atoms with van der Waals surface area (Å²) >= 11 is 0. The van der Waals surface area contributed by atoms with Gasteiger partial charge < -0.3 is 15.2 Å². The third-order valence-electron chi connectivity index (χ3n) is 2.69. The van der Waals surface area contributed by atoms with Gasteiger partial charge in [-0.25, -0.2) is 4.98 Å². The predicted octanol–water partition coefficient (Wildman–Crippen LogP) is 2.06. The van der Waals surface area contributed by atoms with Gasteiger partial charge in [0.15, 0.2) is 17.7 Å². The second kappa shape index (κ2) is 6.39. The molecule has 6 nitrogen and oxygen atoms in total. The van der Waals surface area contributed by atoms with Gasteiger partial charge in [0.25, 0.3) is 5.91 Å². The standard InChI is InChI=1S/C15H13N3O3/c1-10(21-12-6-4-11(9-16)5-7-12)15(20)18-14-13(19)3-2-8-17-14/h2-8,10,19H,1H3,(H,17,18,20). The number of rotatable bonds is 4. The highest BCUT2D eigenvalue weighted by Crippen LogP contribution is 2.19. The van der Waals surface area contributed by atoms with Crippen LogP contribution in [0.2, 0.25) is 0 Å². The van der Waals surface area contributed by atoms with E-state index in [0.29, 0.717) is 11.3 Å². The third-order valence-corrected chi connectivity index (χ3v) is 2.69. The number of benzene rings is 1. The number of amides is 1. The average molecular weight is 283 g/mol. The smallest absolute Gasteiger partial charge is 0.266 e. The van der Waals surface area contributed by atoms with E-state index in [4.69, 9.17) is 10.00 Å². The molecular weight excluding hydrogens is 270 g/mol. The fourth-order valence-electron chi connectivity index (χ4n) is 1.58. The van der Waals surface area contributed by atoms with Crippen molar-refractivity contribution in [3.05, 3.63) is 48.2 Å². The minimum atomic E-state index is -0.778. The number of pyridine rings is 1. The van der Waals surface area contributed by atoms with Crippen LogP contribution in [0.4, 0.5) is 5.82 Å². The molecule has 2 rings (SSSR count). The van der Waals surface area contributed by atoms with Crippen molar-refractivity contribution < 1.29 is 14.6 Å². The summed E-state index contributed by atoms with van der Waals surface area (Å²) in [5.41, 5.74) is 0.512. The molecule has 0 spiro atoms. The van der Waals surface area contributed by atoms with E-state index in [1.54, 1.807) is 37.3 Å². The van der Waals surface area contributed by atoms with E-state index in [2.05, 4.69) is 10.3 Å². The summed E-state index contributed by atoms with van der Waals surface area (Å²) in [4.78, 5) is 15.8. The third kappa shape index (κ3) is 3.70. The zero-order chi connectivity index (χ0) is 15.2. The fraction of sp³-hybridized carbons (Fsp3) is 0.133. The lowest BCUT2D eigenvalue weighted by Crippen LogP contribution is -2.30. The number of nitrogens with zero attached hydrogens (tertiary/aromatic N) is 2. The minimum Gasteiger partial charge on any atom is -0.504 e. The van der Waals surface area contributed by atoms with Crippen LogP contribution in [0.1, 0.15) is 12.5 Å². The topological polar surface area (TPSA) is 95.2 Å². The maximum atomic E-state index is 12.0. The van der Waals surface area contributed by atoms with E-state index in [1.165, 1.54) is 12.3 Å². The molecule has 1 atom stereocenters. The molecule has 0 aliphatic heterocycles. The number of aromatic hydroxyl groups is 1. The molecule has 1 aromatic carbocycles. The summed E-state index contributed by atoms with van der Waals surface area (Å²) in [5.74, 6) is 0.00412. The summed E-state index contributed by atoms with van der Waals surface area (Å²) in [7, 11) is 0. The molecule has 0 fully saturated rings. The van der Waals surface area contributed by atoms with Gasteiger partial charge >= 0.3 is 0 Å². The van der Waals surface area contributed by atoms with Gasteiger partial charge in [0.1, 0.15) is 5.75 Å². The number of carbonyl (C=O) groups excluding carboxylic acids is 1. The maximum absolute atomic E-state index is 12.0. The number of carbonyl (C=O) groups is 1. The van der Waals surface area contributed by atoms with Gasteiger partial charge in [-0.3, -0.25) is 4.79 Å². The van der Waals surface area contributed by atoms with Gasteiger partial charge in [0, 0.05) is 6.20 Å². The van der Waals surface area contributed by atoms with Crippen molar-refractivity contribution in [2.45, 2.75) is 13.0 Å². The first kappa shape index (κ1) is 14.3. The first-order chi connectivity index (χ1) is 10.1. The number of hydrogen-bond acceptors (Lipinski definition) is 5. The first-order valence-corrected chi connectivity index (χ1v) is 6.22. The Kier molecular flexibility index (Phi) is 4.36. The lowest BCUT2D eigenvalue weighted by Gasteiger charge is -2.14. The second-order valence-electron chi connectivity index (χ2n) is 4.26. The average Bonchev–Trinajstić information content (AvgIpc) is 2.50. The summed E-state index contributed by atoms with van der Waals surface area (Å²) < 4.78 is 5.46. The van der Waals surface area contributed by atoms with Crippen molar-refractivity contribution in [3.8, 4) is 17.6 Å². The molecule has 1 unspecified atom stereocenters. The van der Waals surface area contributed by atoms with Gasteiger partial charge in [0.05, 0.1) is 11.6 Å². The van der Waals surface area contributed by atoms with E-state index in [9.17, 15) is 9.90 Å². The Bertz CT molecular complexity index is 677. The lowest BCUT2D eigenvalue weighted by atomic mass is 10.2. The molecule has 2 N–H and O–H groups in total. The normalized spacial score (nSPS) is 11.2. The van der Waals surface area contributed by atoms with Crippen LogP contribution in [-0.2, 0) is 4.79 Å². The number of ether oxygens (including phenoxy) is 1. The van der Waals surface area contributed by atoms with E-state index < -0.39 is 12.0 Å². The van der Waals surface area contributed by atoms with Crippen molar-refractivity contribution in [2.24, 2.45) is 0 Å². The molecular formula is C15H13N3O3. The Balaban J connectivity index is 1.99. The largest absolute Gasteiger partial charge is 0.504 e. The Hall–Kier alpha value is -3.07. The summed E-state index contributed by atoms with van der Waals surface area (Å²) in [5, 5.41) is 20.7. The molecule has 0 aliphatic carbocycles. The minimum absolute atomic E-state index is 0.0813. The molecule has 1 aromatic heterocycles. The monoisotopic (exact) mass is 283 g/mol. The first-order valence-electron chi connectivity index (χ1n) is 6.22.